The third-order valence-electron chi connectivity index (χ3n) is 4.56. The lowest BCUT2D eigenvalue weighted by atomic mass is 9.89. The fourth-order valence-electron chi connectivity index (χ4n) is 3.38. The number of fused-ring (bicyclic) bond motifs is 1. The van der Waals surface area contributed by atoms with Crippen molar-refractivity contribution in [2.45, 2.75) is 31.9 Å². The number of hydrogen-bond donors (Lipinski definition) is 3. The maximum atomic E-state index is 12.4. The highest BCUT2D eigenvalue weighted by Gasteiger charge is 2.31. The summed E-state index contributed by atoms with van der Waals surface area (Å²) in [6, 6.07) is 8.62. The Hall–Kier alpha value is -3.45. The van der Waals surface area contributed by atoms with E-state index < -0.39 is 18.6 Å². The molecule has 1 aliphatic rings. The molecule has 0 saturated carbocycles. The van der Waals surface area contributed by atoms with Crippen LogP contribution in [0.1, 0.15) is 16.7 Å². The van der Waals surface area contributed by atoms with E-state index in [1.54, 1.807) is 12.1 Å². The first-order valence-corrected chi connectivity index (χ1v) is 8.89. The average molecular weight is 422 g/mol. The standard InChI is InChI=1S/C20H17F3N2O5/c21-20(22,23)30-14-3-1-11(2-4-14)17-7-12(10-25-19(27)28)16(8-13(26)9-24)15-5-6-29-18(15)17/h1-4,7,13,25-26H,5-6,8,10H2,(H,27,28)/t13-/m0/s1. The number of amides is 1. The number of ether oxygens (including phenoxy) is 2. The van der Waals surface area contributed by atoms with Gasteiger partial charge in [-0.05, 0) is 34.9 Å². The Balaban J connectivity index is 2.04. The Bertz CT molecular complexity index is 984. The van der Waals surface area contributed by atoms with Crippen LogP contribution in [0.4, 0.5) is 18.0 Å². The SMILES string of the molecule is N#C[C@@H](O)Cc1c(CNC(=O)O)cc(-c2ccc(OC(F)(F)F)cc2)c2c1CCO2. The summed E-state index contributed by atoms with van der Waals surface area (Å²) in [5, 5.41) is 30.0. The van der Waals surface area contributed by atoms with Gasteiger partial charge in [0.2, 0.25) is 0 Å². The molecule has 1 heterocycles. The van der Waals surface area contributed by atoms with E-state index in [4.69, 9.17) is 15.1 Å². The van der Waals surface area contributed by atoms with Crippen LogP contribution in [-0.4, -0.2) is 35.4 Å². The van der Waals surface area contributed by atoms with Gasteiger partial charge in [-0.25, -0.2) is 4.79 Å². The molecule has 1 atom stereocenters. The van der Waals surface area contributed by atoms with Crippen LogP contribution in [0.25, 0.3) is 11.1 Å². The molecule has 0 radical (unpaired) electrons. The molecule has 2 aromatic rings. The minimum absolute atomic E-state index is 0.00251. The van der Waals surface area contributed by atoms with Gasteiger partial charge in [-0.15, -0.1) is 13.2 Å². The highest BCUT2D eigenvalue weighted by atomic mass is 19.4. The first kappa shape index (κ1) is 21.3. The molecule has 158 valence electrons. The van der Waals surface area contributed by atoms with E-state index in [1.807, 2.05) is 0 Å². The fraction of sp³-hybridized carbons (Fsp3) is 0.300. The minimum atomic E-state index is -4.80. The van der Waals surface area contributed by atoms with Crippen molar-refractivity contribution in [3.63, 3.8) is 0 Å². The molecular weight excluding hydrogens is 405 g/mol. The maximum absolute atomic E-state index is 12.4. The summed E-state index contributed by atoms with van der Waals surface area (Å²) < 4.78 is 46.8. The summed E-state index contributed by atoms with van der Waals surface area (Å²) in [5.74, 6) is 0.129. The first-order chi connectivity index (χ1) is 14.2. The van der Waals surface area contributed by atoms with E-state index in [0.717, 1.165) is 5.56 Å². The van der Waals surface area contributed by atoms with Gasteiger partial charge in [-0.1, -0.05) is 12.1 Å². The van der Waals surface area contributed by atoms with Crippen LogP contribution in [0.15, 0.2) is 30.3 Å². The van der Waals surface area contributed by atoms with E-state index in [1.165, 1.54) is 24.3 Å². The van der Waals surface area contributed by atoms with Crippen molar-refractivity contribution in [2.24, 2.45) is 0 Å². The summed E-state index contributed by atoms with van der Waals surface area (Å²) in [5.41, 5.74) is 3.01. The topological polar surface area (TPSA) is 112 Å². The molecule has 0 bridgehead atoms. The zero-order valence-electron chi connectivity index (χ0n) is 15.5. The lowest BCUT2D eigenvalue weighted by Crippen LogP contribution is -2.22. The highest BCUT2D eigenvalue weighted by Crippen LogP contribution is 2.41. The number of carbonyl (C=O) groups is 1. The molecule has 1 aliphatic heterocycles. The number of nitrogens with zero attached hydrogens (tertiary/aromatic N) is 1. The smallest absolute Gasteiger partial charge is 0.492 e. The molecule has 3 rings (SSSR count). The van der Waals surface area contributed by atoms with Gasteiger partial charge in [0.05, 0.1) is 12.7 Å². The number of benzene rings is 2. The van der Waals surface area contributed by atoms with Gasteiger partial charge >= 0.3 is 12.5 Å². The number of nitriles is 1. The second-order valence-electron chi connectivity index (χ2n) is 6.55. The van der Waals surface area contributed by atoms with Crippen molar-refractivity contribution in [2.75, 3.05) is 6.61 Å². The summed E-state index contributed by atoms with van der Waals surface area (Å²) in [6.07, 6.45) is -6.83. The van der Waals surface area contributed by atoms with E-state index in [0.29, 0.717) is 41.0 Å². The largest absolute Gasteiger partial charge is 0.573 e. The van der Waals surface area contributed by atoms with Crippen LogP contribution in [0, 0.1) is 11.3 Å². The molecule has 0 aliphatic carbocycles. The van der Waals surface area contributed by atoms with E-state index in [2.05, 4.69) is 10.1 Å². The summed E-state index contributed by atoms with van der Waals surface area (Å²) in [7, 11) is 0. The van der Waals surface area contributed by atoms with Gasteiger partial charge in [0, 0.05) is 30.5 Å². The molecule has 0 fully saturated rings. The molecule has 0 saturated heterocycles. The van der Waals surface area contributed by atoms with Crippen molar-refractivity contribution in [1.82, 2.24) is 5.32 Å². The van der Waals surface area contributed by atoms with E-state index in [-0.39, 0.29) is 18.7 Å². The van der Waals surface area contributed by atoms with Gasteiger partial charge in [0.15, 0.2) is 0 Å². The van der Waals surface area contributed by atoms with Gasteiger partial charge < -0.3 is 25.0 Å². The molecule has 1 amide bonds. The highest BCUT2D eigenvalue weighted by molar-refractivity contribution is 5.76. The van der Waals surface area contributed by atoms with Crippen molar-refractivity contribution in [3.05, 3.63) is 47.0 Å². The molecule has 3 N–H and O–H groups in total. The van der Waals surface area contributed by atoms with Gasteiger partial charge in [0.25, 0.3) is 0 Å². The predicted octanol–water partition coefficient (Wildman–Crippen LogP) is 3.38. The lowest BCUT2D eigenvalue weighted by molar-refractivity contribution is -0.274. The van der Waals surface area contributed by atoms with Crippen LogP contribution in [0.3, 0.4) is 0 Å². The normalized spacial score (nSPS) is 13.7. The number of hydrogen-bond acceptors (Lipinski definition) is 5. The third-order valence-corrected chi connectivity index (χ3v) is 4.56. The third kappa shape index (κ3) is 4.93. The number of alkyl halides is 3. The Kier molecular flexibility index (Phi) is 6.03. The minimum Gasteiger partial charge on any atom is -0.492 e. The van der Waals surface area contributed by atoms with Gasteiger partial charge in [-0.2, -0.15) is 5.26 Å². The molecule has 0 unspecified atom stereocenters. The quantitative estimate of drug-likeness (QED) is 0.616. The number of aliphatic hydroxyl groups is 1. The number of halogens is 3. The van der Waals surface area contributed by atoms with Crippen molar-refractivity contribution < 1.29 is 37.7 Å². The van der Waals surface area contributed by atoms with Crippen LogP contribution in [0.2, 0.25) is 0 Å². The Morgan fingerprint density at radius 3 is 2.63 bits per heavy atom. The summed E-state index contributed by atoms with van der Waals surface area (Å²) in [6.45, 7) is 0.279. The van der Waals surface area contributed by atoms with E-state index in [9.17, 15) is 23.1 Å². The summed E-state index contributed by atoms with van der Waals surface area (Å²) >= 11 is 0. The monoisotopic (exact) mass is 422 g/mol. The van der Waals surface area contributed by atoms with Crippen molar-refractivity contribution in [3.8, 4) is 28.7 Å². The second-order valence-corrected chi connectivity index (χ2v) is 6.55. The zero-order chi connectivity index (χ0) is 21.9. The van der Waals surface area contributed by atoms with Crippen molar-refractivity contribution in [1.29, 1.82) is 5.26 Å². The molecule has 10 heteroatoms. The van der Waals surface area contributed by atoms with E-state index >= 15 is 0 Å². The van der Waals surface area contributed by atoms with Crippen molar-refractivity contribution >= 4 is 6.09 Å². The fourth-order valence-corrected chi connectivity index (χ4v) is 3.38. The first-order valence-electron chi connectivity index (χ1n) is 8.89. The average Bonchev–Trinajstić information content (AvgIpc) is 3.16. The molecular formula is C20H17F3N2O5. The van der Waals surface area contributed by atoms with Gasteiger partial charge in [-0.3, -0.25) is 0 Å². The van der Waals surface area contributed by atoms with Crippen LogP contribution in [-0.2, 0) is 19.4 Å². The molecule has 2 aromatic carbocycles. The maximum Gasteiger partial charge on any atom is 0.573 e. The Morgan fingerprint density at radius 2 is 2.03 bits per heavy atom. The lowest BCUT2D eigenvalue weighted by Gasteiger charge is -2.18. The molecule has 30 heavy (non-hydrogen) atoms. The van der Waals surface area contributed by atoms with Gasteiger partial charge in [0.1, 0.15) is 17.6 Å². The molecule has 0 spiro atoms. The van der Waals surface area contributed by atoms with Crippen LogP contribution in [0.5, 0.6) is 11.5 Å². The second kappa shape index (κ2) is 8.51. The summed E-state index contributed by atoms with van der Waals surface area (Å²) in [4.78, 5) is 11.0. The van der Waals surface area contributed by atoms with Crippen LogP contribution < -0.4 is 14.8 Å². The van der Waals surface area contributed by atoms with Crippen LogP contribution >= 0.6 is 0 Å². The Morgan fingerprint density at radius 1 is 1.33 bits per heavy atom. The number of carboxylic acid groups (broad SMARTS) is 1. The zero-order valence-corrected chi connectivity index (χ0v) is 15.5. The number of nitrogens with one attached hydrogen (secondary N) is 1. The molecule has 7 nitrogen and oxygen atoms in total. The Labute approximate surface area is 169 Å². The number of rotatable bonds is 6. The number of aliphatic hydroxyl groups excluding tert-OH is 1. The predicted molar refractivity (Wildman–Crippen MR) is 97.9 cm³/mol. The molecule has 0 aromatic heterocycles.